The van der Waals surface area contributed by atoms with Gasteiger partial charge in [-0.1, -0.05) is 0 Å². The minimum Gasteiger partial charge on any atom is -0.394 e. The Morgan fingerprint density at radius 1 is 0.286 bits per heavy atom. The van der Waals surface area contributed by atoms with Crippen molar-refractivity contribution in [2.45, 2.75) is 42.2 Å². The molecular weight excluding hydrogens is 719 g/mol. The Bertz CT molecular complexity index is 825. The molecule has 0 atom stereocenters. The molecule has 0 rings (SSSR count). The van der Waals surface area contributed by atoms with E-state index in [0.717, 1.165) is 0 Å². The van der Waals surface area contributed by atoms with Crippen molar-refractivity contribution in [3.63, 3.8) is 0 Å². The largest absolute Gasteiger partial charge is 0.460 e. The minimum absolute atomic E-state index is 0.0183. The van der Waals surface area contributed by atoms with Gasteiger partial charge in [0.15, 0.2) is 0 Å². The molecule has 1 N–H and O–H groups in total. The third-order valence-electron chi connectivity index (χ3n) is 5.77. The third kappa shape index (κ3) is 16.7. The summed E-state index contributed by atoms with van der Waals surface area (Å²) in [7, 11) is 0. The molecule has 0 fully saturated rings. The molecule has 0 aromatic rings. The molecule has 0 spiro atoms. The van der Waals surface area contributed by atoms with Crippen LogP contribution in [0.25, 0.3) is 0 Å². The predicted octanol–water partition coefficient (Wildman–Crippen LogP) is 4.26. The van der Waals surface area contributed by atoms with Crippen LogP contribution in [0.15, 0.2) is 0 Å². The van der Waals surface area contributed by atoms with E-state index in [1.807, 2.05) is 0 Å². The Morgan fingerprint density at radius 3 is 0.755 bits per heavy atom. The van der Waals surface area contributed by atoms with Crippen LogP contribution in [0.3, 0.4) is 0 Å². The number of aliphatic hydroxyl groups is 1. The molecule has 0 aromatic heterocycles. The molecule has 0 aliphatic carbocycles. The first-order chi connectivity index (χ1) is 22.8. The standard InChI is InChI=1S/C26H41F13O10/c27-21(28,22(29,30)23(31,32)24(33,34)25(35,36)26(37,38)39)1-3-41-5-7-43-9-11-45-13-15-47-17-19-49-20-18-48-16-14-46-12-10-44-8-6-42-4-2-40/h40H,1-20H2. The van der Waals surface area contributed by atoms with Crippen LogP contribution < -0.4 is 0 Å². The van der Waals surface area contributed by atoms with E-state index in [1.165, 1.54) is 0 Å². The minimum atomic E-state index is -7.92. The van der Waals surface area contributed by atoms with E-state index in [2.05, 4.69) is 4.74 Å². The van der Waals surface area contributed by atoms with Gasteiger partial charge in [-0.15, -0.1) is 0 Å². The van der Waals surface area contributed by atoms with E-state index in [1.54, 1.807) is 0 Å². The van der Waals surface area contributed by atoms with Crippen LogP contribution in [0.5, 0.6) is 0 Å². The van der Waals surface area contributed by atoms with Crippen molar-refractivity contribution in [2.24, 2.45) is 0 Å². The van der Waals surface area contributed by atoms with Gasteiger partial charge >= 0.3 is 35.8 Å². The Kier molecular flexibility index (Phi) is 23.4. The number of aliphatic hydroxyl groups excluding tert-OH is 1. The average Bonchev–Trinajstić information content (AvgIpc) is 3.01. The lowest BCUT2D eigenvalue weighted by molar-refractivity contribution is -0.440. The van der Waals surface area contributed by atoms with Crippen LogP contribution in [-0.4, -0.2) is 166 Å². The maximum absolute atomic E-state index is 13.7. The fourth-order valence-corrected chi connectivity index (χ4v) is 3.09. The Labute approximate surface area is 273 Å². The zero-order valence-corrected chi connectivity index (χ0v) is 26.2. The second-order valence-electron chi connectivity index (χ2n) is 9.48. The third-order valence-corrected chi connectivity index (χ3v) is 5.77. The first-order valence-electron chi connectivity index (χ1n) is 14.6. The van der Waals surface area contributed by atoms with E-state index in [0.29, 0.717) is 52.9 Å². The summed E-state index contributed by atoms with van der Waals surface area (Å²) in [6.45, 7) is 1.63. The molecule has 49 heavy (non-hydrogen) atoms. The maximum atomic E-state index is 13.7. The number of hydrogen-bond donors (Lipinski definition) is 1. The second-order valence-corrected chi connectivity index (χ2v) is 9.48. The van der Waals surface area contributed by atoms with Gasteiger partial charge in [-0.25, -0.2) is 0 Å². The van der Waals surface area contributed by atoms with Crippen LogP contribution in [-0.2, 0) is 42.6 Å². The first-order valence-corrected chi connectivity index (χ1v) is 14.6. The maximum Gasteiger partial charge on any atom is 0.460 e. The summed E-state index contributed by atoms with van der Waals surface area (Å²) < 4.78 is 216. The Morgan fingerprint density at radius 2 is 0.510 bits per heavy atom. The van der Waals surface area contributed by atoms with E-state index >= 15 is 0 Å². The molecule has 0 saturated carbocycles. The van der Waals surface area contributed by atoms with E-state index in [4.69, 9.17) is 43.0 Å². The summed E-state index contributed by atoms with van der Waals surface area (Å²) in [5.74, 6) is -37.0. The summed E-state index contributed by atoms with van der Waals surface area (Å²) in [6, 6.07) is 0. The number of hydrogen-bond acceptors (Lipinski definition) is 10. The van der Waals surface area contributed by atoms with Crippen molar-refractivity contribution < 1.29 is 105 Å². The lowest BCUT2D eigenvalue weighted by atomic mass is 9.93. The van der Waals surface area contributed by atoms with Crippen molar-refractivity contribution in [2.75, 3.05) is 126 Å². The Balaban J connectivity index is 3.78. The molecule has 0 amide bonds. The van der Waals surface area contributed by atoms with Gasteiger partial charge in [0.25, 0.3) is 0 Å². The highest BCUT2D eigenvalue weighted by Gasteiger charge is 2.90. The number of ether oxygens (including phenoxy) is 9. The Hall–Kier alpha value is -1.31. The van der Waals surface area contributed by atoms with Crippen molar-refractivity contribution in [3.05, 3.63) is 0 Å². The summed E-state index contributed by atoms with van der Waals surface area (Å²) in [5, 5.41) is 8.54. The lowest BCUT2D eigenvalue weighted by Crippen LogP contribution is -2.70. The van der Waals surface area contributed by atoms with Gasteiger partial charge in [0, 0.05) is 6.42 Å². The van der Waals surface area contributed by atoms with Crippen LogP contribution in [0.1, 0.15) is 6.42 Å². The molecule has 296 valence electrons. The highest BCUT2D eigenvalue weighted by molar-refractivity contribution is 5.10. The molecule has 0 heterocycles. The normalized spacial score (nSPS) is 13.8. The number of alkyl halides is 13. The molecule has 0 radical (unpaired) electrons. The van der Waals surface area contributed by atoms with Crippen molar-refractivity contribution >= 4 is 0 Å². The predicted molar refractivity (Wildman–Crippen MR) is 140 cm³/mol. The molecule has 23 heteroatoms. The molecule has 0 aromatic carbocycles. The van der Waals surface area contributed by atoms with Gasteiger partial charge in [-0.3, -0.25) is 0 Å². The first kappa shape index (κ1) is 47.7. The van der Waals surface area contributed by atoms with Crippen LogP contribution in [0.2, 0.25) is 0 Å². The number of halogens is 13. The highest BCUT2D eigenvalue weighted by Crippen LogP contribution is 2.60. The van der Waals surface area contributed by atoms with Crippen LogP contribution in [0.4, 0.5) is 57.1 Å². The molecule has 0 unspecified atom stereocenters. The highest BCUT2D eigenvalue weighted by atomic mass is 19.4. The molecule has 0 aliphatic heterocycles. The van der Waals surface area contributed by atoms with Crippen LogP contribution >= 0.6 is 0 Å². The smallest absolute Gasteiger partial charge is 0.394 e. The van der Waals surface area contributed by atoms with Crippen LogP contribution in [0, 0.1) is 0 Å². The fraction of sp³-hybridized carbons (Fsp3) is 1.00. The fourth-order valence-electron chi connectivity index (χ4n) is 3.09. The van der Waals surface area contributed by atoms with Gasteiger partial charge in [-0.05, 0) is 0 Å². The van der Waals surface area contributed by atoms with E-state index < -0.39 is 55.4 Å². The van der Waals surface area contributed by atoms with Crippen molar-refractivity contribution in [3.8, 4) is 0 Å². The molecule has 10 nitrogen and oxygen atoms in total. The van der Waals surface area contributed by atoms with Gasteiger partial charge in [-0.2, -0.15) is 57.1 Å². The van der Waals surface area contributed by atoms with Gasteiger partial charge in [0.05, 0.1) is 126 Å². The van der Waals surface area contributed by atoms with Crippen molar-refractivity contribution in [1.82, 2.24) is 0 Å². The van der Waals surface area contributed by atoms with E-state index in [9.17, 15) is 57.1 Å². The molecule has 0 saturated heterocycles. The SMILES string of the molecule is OCCOCCOCCOCCOCCOCCOCCOCCOCCOCCC(F)(F)C(F)(F)C(F)(F)C(F)(F)C(F)(F)C(F)(F)F. The summed E-state index contributed by atoms with van der Waals surface area (Å²) in [5.41, 5.74) is 0. The molecular formula is C26H41F13O10. The summed E-state index contributed by atoms with van der Waals surface area (Å²) in [6.07, 6.45) is -9.88. The van der Waals surface area contributed by atoms with E-state index in [-0.39, 0.29) is 59.5 Å². The second kappa shape index (κ2) is 24.0. The average molecular weight is 761 g/mol. The quantitative estimate of drug-likeness (QED) is 0.0772. The summed E-state index contributed by atoms with van der Waals surface area (Å²) in [4.78, 5) is 0. The monoisotopic (exact) mass is 760 g/mol. The molecule has 0 bridgehead atoms. The van der Waals surface area contributed by atoms with Gasteiger partial charge < -0.3 is 47.7 Å². The lowest BCUT2D eigenvalue weighted by Gasteiger charge is -2.39. The van der Waals surface area contributed by atoms with Crippen molar-refractivity contribution in [1.29, 1.82) is 0 Å². The molecule has 0 aliphatic rings. The van der Waals surface area contributed by atoms with Gasteiger partial charge in [0.1, 0.15) is 0 Å². The zero-order valence-electron chi connectivity index (χ0n) is 26.2. The number of rotatable bonds is 33. The summed E-state index contributed by atoms with van der Waals surface area (Å²) >= 11 is 0. The van der Waals surface area contributed by atoms with Gasteiger partial charge in [0.2, 0.25) is 0 Å². The zero-order chi connectivity index (χ0) is 37.5. The topological polar surface area (TPSA) is 103 Å².